The number of benzene rings is 1. The van der Waals surface area contributed by atoms with Crippen molar-refractivity contribution in [1.29, 1.82) is 0 Å². The van der Waals surface area contributed by atoms with Gasteiger partial charge in [-0.25, -0.2) is 9.18 Å². The van der Waals surface area contributed by atoms with E-state index in [1.165, 1.54) is 17.0 Å². The zero-order chi connectivity index (χ0) is 13.3. The van der Waals surface area contributed by atoms with Crippen LogP contribution in [0.25, 0.3) is 0 Å². The quantitative estimate of drug-likeness (QED) is 0.834. The van der Waals surface area contributed by atoms with Gasteiger partial charge < -0.3 is 10.0 Å². The summed E-state index contributed by atoms with van der Waals surface area (Å²) < 4.78 is 13.5. The third-order valence-electron chi connectivity index (χ3n) is 2.98. The maximum Gasteiger partial charge on any atom is 0.338 e. The van der Waals surface area contributed by atoms with Crippen molar-refractivity contribution in [3.8, 4) is 0 Å². The van der Waals surface area contributed by atoms with E-state index in [0.717, 1.165) is 6.07 Å². The van der Waals surface area contributed by atoms with E-state index in [-0.39, 0.29) is 11.8 Å². The fraction of sp³-hybridized carbons (Fsp3) is 0.231. The first-order chi connectivity index (χ1) is 8.52. The van der Waals surface area contributed by atoms with Crippen molar-refractivity contribution in [2.24, 2.45) is 5.92 Å². The van der Waals surface area contributed by atoms with Crippen LogP contribution < -0.4 is 4.90 Å². The Labute approximate surface area is 103 Å². The van der Waals surface area contributed by atoms with E-state index in [1.807, 2.05) is 0 Å². The molecule has 1 aromatic carbocycles. The second-order valence-corrected chi connectivity index (χ2v) is 4.17. The van der Waals surface area contributed by atoms with Crippen LogP contribution >= 0.6 is 0 Å². The average Bonchev–Trinajstić information content (AvgIpc) is 2.70. The molecular weight excluding hydrogens is 237 g/mol. The predicted molar refractivity (Wildman–Crippen MR) is 64.0 cm³/mol. The maximum atomic E-state index is 13.5. The van der Waals surface area contributed by atoms with E-state index in [0.29, 0.717) is 18.7 Å². The standard InChI is InChI=1S/C13H12FNO3/c1-2-8-5-12(16)15(7-8)9-3-4-10(13(17)18)11(14)6-9/h2-4,6,8H,1,5,7H2,(H,17,18). The zero-order valence-corrected chi connectivity index (χ0v) is 9.60. The Hall–Kier alpha value is -2.17. The van der Waals surface area contributed by atoms with Gasteiger partial charge in [0.25, 0.3) is 0 Å². The molecule has 1 saturated heterocycles. The van der Waals surface area contributed by atoms with Gasteiger partial charge in [0, 0.05) is 24.6 Å². The van der Waals surface area contributed by atoms with Crippen molar-refractivity contribution in [1.82, 2.24) is 0 Å². The Bertz CT molecular complexity index is 527. The highest BCUT2D eigenvalue weighted by Gasteiger charge is 2.29. The van der Waals surface area contributed by atoms with Crippen LogP contribution in [0.2, 0.25) is 0 Å². The topological polar surface area (TPSA) is 57.6 Å². The number of anilines is 1. The molecule has 1 aliphatic heterocycles. The van der Waals surface area contributed by atoms with Gasteiger partial charge in [0.2, 0.25) is 5.91 Å². The third-order valence-corrected chi connectivity index (χ3v) is 2.98. The van der Waals surface area contributed by atoms with Crippen LogP contribution in [-0.2, 0) is 4.79 Å². The Morgan fingerprint density at radius 3 is 2.78 bits per heavy atom. The summed E-state index contributed by atoms with van der Waals surface area (Å²) in [4.78, 5) is 23.8. The summed E-state index contributed by atoms with van der Waals surface area (Å²) in [6.07, 6.45) is 2.05. The number of hydrogen-bond acceptors (Lipinski definition) is 2. The van der Waals surface area contributed by atoms with E-state index in [1.54, 1.807) is 6.08 Å². The first kappa shape index (κ1) is 12.3. The highest BCUT2D eigenvalue weighted by molar-refractivity contribution is 5.96. The minimum absolute atomic E-state index is 0.0553. The van der Waals surface area contributed by atoms with Crippen molar-refractivity contribution in [2.45, 2.75) is 6.42 Å². The molecule has 1 aromatic rings. The molecular formula is C13H12FNO3. The summed E-state index contributed by atoms with van der Waals surface area (Å²) >= 11 is 0. The molecule has 1 heterocycles. The molecule has 0 spiro atoms. The summed E-state index contributed by atoms with van der Waals surface area (Å²) in [7, 11) is 0. The summed E-state index contributed by atoms with van der Waals surface area (Å²) in [5, 5.41) is 8.72. The van der Waals surface area contributed by atoms with Crippen LogP contribution in [0, 0.1) is 11.7 Å². The van der Waals surface area contributed by atoms with E-state index in [4.69, 9.17) is 5.11 Å². The van der Waals surface area contributed by atoms with Gasteiger partial charge >= 0.3 is 5.97 Å². The molecule has 5 heteroatoms. The molecule has 1 aliphatic rings. The molecule has 1 amide bonds. The highest BCUT2D eigenvalue weighted by atomic mass is 19.1. The van der Waals surface area contributed by atoms with E-state index < -0.39 is 17.3 Å². The van der Waals surface area contributed by atoms with Crippen LogP contribution in [0.5, 0.6) is 0 Å². The van der Waals surface area contributed by atoms with Gasteiger partial charge in [-0.05, 0) is 18.2 Å². The van der Waals surface area contributed by atoms with Gasteiger partial charge in [-0.15, -0.1) is 6.58 Å². The van der Waals surface area contributed by atoms with Crippen LogP contribution in [-0.4, -0.2) is 23.5 Å². The number of halogens is 1. The summed E-state index contributed by atoms with van der Waals surface area (Å²) in [6, 6.07) is 3.68. The van der Waals surface area contributed by atoms with E-state index >= 15 is 0 Å². The largest absolute Gasteiger partial charge is 0.478 e. The lowest BCUT2D eigenvalue weighted by molar-refractivity contribution is -0.117. The minimum Gasteiger partial charge on any atom is -0.478 e. The van der Waals surface area contributed by atoms with Crippen molar-refractivity contribution in [2.75, 3.05) is 11.4 Å². The zero-order valence-electron chi connectivity index (χ0n) is 9.60. The minimum atomic E-state index is -1.32. The number of hydrogen-bond donors (Lipinski definition) is 1. The van der Waals surface area contributed by atoms with Gasteiger partial charge in [0.15, 0.2) is 0 Å². The number of rotatable bonds is 3. The van der Waals surface area contributed by atoms with Gasteiger partial charge in [0.1, 0.15) is 5.82 Å². The van der Waals surface area contributed by atoms with Gasteiger partial charge in [0.05, 0.1) is 5.56 Å². The first-order valence-corrected chi connectivity index (χ1v) is 5.48. The molecule has 0 aliphatic carbocycles. The molecule has 1 unspecified atom stereocenters. The second-order valence-electron chi connectivity index (χ2n) is 4.17. The average molecular weight is 249 g/mol. The Morgan fingerprint density at radius 2 is 2.28 bits per heavy atom. The van der Waals surface area contributed by atoms with Gasteiger partial charge in [-0.2, -0.15) is 0 Å². The number of carbonyl (C=O) groups is 2. The molecule has 4 nitrogen and oxygen atoms in total. The smallest absolute Gasteiger partial charge is 0.338 e. The Kier molecular flexibility index (Phi) is 3.14. The van der Waals surface area contributed by atoms with Crippen molar-refractivity contribution in [3.05, 3.63) is 42.2 Å². The van der Waals surface area contributed by atoms with Crippen LogP contribution in [0.1, 0.15) is 16.8 Å². The third kappa shape index (κ3) is 2.11. The number of nitrogens with zero attached hydrogens (tertiary/aromatic N) is 1. The predicted octanol–water partition coefficient (Wildman–Crippen LogP) is 2.06. The van der Waals surface area contributed by atoms with E-state index in [9.17, 15) is 14.0 Å². The van der Waals surface area contributed by atoms with Crippen LogP contribution in [0.4, 0.5) is 10.1 Å². The van der Waals surface area contributed by atoms with Crippen molar-refractivity contribution < 1.29 is 19.1 Å². The molecule has 0 aromatic heterocycles. The SMILES string of the molecule is C=CC1CC(=O)N(c2ccc(C(=O)O)c(F)c2)C1. The molecule has 1 atom stereocenters. The molecule has 0 saturated carbocycles. The lowest BCUT2D eigenvalue weighted by Gasteiger charge is -2.16. The Morgan fingerprint density at radius 1 is 1.56 bits per heavy atom. The number of carboxylic acid groups (broad SMARTS) is 1. The molecule has 2 rings (SSSR count). The summed E-state index contributed by atoms with van der Waals surface area (Å²) in [5.41, 5.74) is -0.0162. The van der Waals surface area contributed by atoms with E-state index in [2.05, 4.69) is 6.58 Å². The fourth-order valence-electron chi connectivity index (χ4n) is 1.99. The maximum absolute atomic E-state index is 13.5. The molecule has 1 N–H and O–H groups in total. The summed E-state index contributed by atoms with van der Waals surface area (Å²) in [5.74, 6) is -2.22. The lowest BCUT2D eigenvalue weighted by atomic mass is 10.1. The second kappa shape index (κ2) is 4.60. The molecule has 1 fully saturated rings. The number of amides is 1. The number of aromatic carboxylic acids is 1. The lowest BCUT2D eigenvalue weighted by Crippen LogP contribution is -2.24. The first-order valence-electron chi connectivity index (χ1n) is 5.48. The highest BCUT2D eigenvalue weighted by Crippen LogP contribution is 2.26. The normalized spacial score (nSPS) is 19.1. The Balaban J connectivity index is 2.30. The van der Waals surface area contributed by atoms with Crippen LogP contribution in [0.15, 0.2) is 30.9 Å². The molecule has 0 bridgehead atoms. The number of carbonyl (C=O) groups excluding carboxylic acids is 1. The van der Waals surface area contributed by atoms with Crippen LogP contribution in [0.3, 0.4) is 0 Å². The van der Waals surface area contributed by atoms with Crippen molar-refractivity contribution >= 4 is 17.6 Å². The molecule has 0 radical (unpaired) electrons. The van der Waals surface area contributed by atoms with Gasteiger partial charge in [-0.3, -0.25) is 4.79 Å². The number of carboxylic acids is 1. The fourth-order valence-corrected chi connectivity index (χ4v) is 1.99. The van der Waals surface area contributed by atoms with Gasteiger partial charge in [-0.1, -0.05) is 6.08 Å². The molecule has 94 valence electrons. The van der Waals surface area contributed by atoms with Crippen molar-refractivity contribution in [3.63, 3.8) is 0 Å². The monoisotopic (exact) mass is 249 g/mol. The molecule has 18 heavy (non-hydrogen) atoms. The summed E-state index contributed by atoms with van der Waals surface area (Å²) in [6.45, 7) is 4.08.